The Morgan fingerprint density at radius 2 is 1.77 bits per heavy atom. The Morgan fingerprint density at radius 1 is 1.05 bits per heavy atom. The first-order valence-corrected chi connectivity index (χ1v) is 7.26. The highest BCUT2D eigenvalue weighted by Gasteiger charge is 2.09. The second kappa shape index (κ2) is 7.50. The van der Waals surface area contributed by atoms with E-state index in [0.29, 0.717) is 12.1 Å². The van der Waals surface area contributed by atoms with E-state index in [1.54, 1.807) is 20.3 Å². The summed E-state index contributed by atoms with van der Waals surface area (Å²) in [5.41, 5.74) is 2.70. The number of hydrogen-bond donors (Lipinski definition) is 1. The van der Waals surface area contributed by atoms with Crippen LogP contribution in [0.1, 0.15) is 28.4 Å². The van der Waals surface area contributed by atoms with Crippen molar-refractivity contribution in [3.05, 3.63) is 59.2 Å². The lowest BCUT2D eigenvalue weighted by Crippen LogP contribution is -2.22. The number of benzene rings is 2. The molecule has 0 aliphatic carbocycles. The van der Waals surface area contributed by atoms with Crippen LogP contribution in [-0.2, 0) is 13.0 Å². The summed E-state index contributed by atoms with van der Waals surface area (Å²) in [4.78, 5) is 12.2. The molecule has 4 nitrogen and oxygen atoms in total. The Hall–Kier alpha value is -2.49. The minimum absolute atomic E-state index is 0.0897. The lowest BCUT2D eigenvalue weighted by atomic mass is 10.1. The van der Waals surface area contributed by atoms with Gasteiger partial charge in [-0.3, -0.25) is 4.79 Å². The number of methoxy groups -OCH3 is 2. The topological polar surface area (TPSA) is 47.6 Å². The molecule has 0 heterocycles. The van der Waals surface area contributed by atoms with Crippen LogP contribution >= 0.6 is 0 Å². The summed E-state index contributed by atoms with van der Waals surface area (Å²) in [6.45, 7) is 2.52. The summed E-state index contributed by atoms with van der Waals surface area (Å²) >= 11 is 0. The van der Waals surface area contributed by atoms with E-state index >= 15 is 0 Å². The van der Waals surface area contributed by atoms with Crippen molar-refractivity contribution in [2.24, 2.45) is 0 Å². The maximum atomic E-state index is 12.2. The van der Waals surface area contributed by atoms with E-state index in [0.717, 1.165) is 29.0 Å². The molecule has 0 atom stereocenters. The fourth-order valence-corrected chi connectivity index (χ4v) is 2.22. The zero-order chi connectivity index (χ0) is 15.9. The van der Waals surface area contributed by atoms with Crippen molar-refractivity contribution < 1.29 is 14.3 Å². The lowest BCUT2D eigenvalue weighted by Gasteiger charge is -2.10. The molecule has 0 saturated carbocycles. The van der Waals surface area contributed by atoms with Gasteiger partial charge in [0.15, 0.2) is 0 Å². The molecule has 1 N–H and O–H groups in total. The lowest BCUT2D eigenvalue weighted by molar-refractivity contribution is 0.0951. The molecule has 0 bridgehead atoms. The second-order valence-electron chi connectivity index (χ2n) is 4.91. The number of carbonyl (C=O) groups excluding carboxylic acids is 1. The van der Waals surface area contributed by atoms with Crippen LogP contribution in [0.4, 0.5) is 0 Å². The van der Waals surface area contributed by atoms with Gasteiger partial charge in [0.2, 0.25) is 0 Å². The van der Waals surface area contributed by atoms with E-state index in [4.69, 9.17) is 9.47 Å². The van der Waals surface area contributed by atoms with E-state index in [-0.39, 0.29) is 5.91 Å². The van der Waals surface area contributed by atoms with Crippen molar-refractivity contribution in [3.8, 4) is 11.5 Å². The fourth-order valence-electron chi connectivity index (χ4n) is 2.22. The molecule has 116 valence electrons. The van der Waals surface area contributed by atoms with Gasteiger partial charge >= 0.3 is 0 Å². The number of amides is 1. The van der Waals surface area contributed by atoms with Crippen LogP contribution in [0.15, 0.2) is 42.5 Å². The van der Waals surface area contributed by atoms with Crippen molar-refractivity contribution >= 4 is 5.91 Å². The maximum absolute atomic E-state index is 12.2. The third-order valence-corrected chi connectivity index (χ3v) is 3.54. The highest BCUT2D eigenvalue weighted by molar-refractivity contribution is 5.94. The molecule has 0 aliphatic rings. The van der Waals surface area contributed by atoms with Gasteiger partial charge in [-0.2, -0.15) is 0 Å². The smallest absolute Gasteiger partial charge is 0.251 e. The summed E-state index contributed by atoms with van der Waals surface area (Å²) in [5, 5.41) is 2.92. The van der Waals surface area contributed by atoms with Crippen LogP contribution in [0.3, 0.4) is 0 Å². The van der Waals surface area contributed by atoms with Crippen LogP contribution < -0.4 is 14.8 Å². The third kappa shape index (κ3) is 3.79. The summed E-state index contributed by atoms with van der Waals surface area (Å²) in [6.07, 6.45) is 0.822. The van der Waals surface area contributed by atoms with Crippen LogP contribution in [0, 0.1) is 0 Å². The molecular formula is C18H21NO3. The summed E-state index contributed by atoms with van der Waals surface area (Å²) < 4.78 is 10.4. The number of carbonyl (C=O) groups is 1. The van der Waals surface area contributed by atoms with Gasteiger partial charge in [-0.05, 0) is 47.9 Å². The van der Waals surface area contributed by atoms with Gasteiger partial charge in [0.05, 0.1) is 14.2 Å². The number of aryl methyl sites for hydroxylation is 1. The summed E-state index contributed by atoms with van der Waals surface area (Å²) in [5.74, 6) is 1.53. The number of nitrogens with one attached hydrogen (secondary N) is 1. The third-order valence-electron chi connectivity index (χ3n) is 3.54. The first-order valence-electron chi connectivity index (χ1n) is 7.26. The van der Waals surface area contributed by atoms with Gasteiger partial charge in [-0.25, -0.2) is 0 Å². The molecule has 2 rings (SSSR count). The SMILES string of the molecule is CCc1cc(C(=O)NCc2ccc(OC)cc2)ccc1OC. The molecule has 22 heavy (non-hydrogen) atoms. The quantitative estimate of drug-likeness (QED) is 0.891. The minimum Gasteiger partial charge on any atom is -0.497 e. The van der Waals surface area contributed by atoms with Gasteiger partial charge in [0.25, 0.3) is 5.91 Å². The first kappa shape index (κ1) is 15.9. The van der Waals surface area contributed by atoms with Gasteiger partial charge in [0.1, 0.15) is 11.5 Å². The average Bonchev–Trinajstić information content (AvgIpc) is 2.59. The van der Waals surface area contributed by atoms with Crippen molar-refractivity contribution in [1.29, 1.82) is 0 Å². The zero-order valence-electron chi connectivity index (χ0n) is 13.2. The van der Waals surface area contributed by atoms with E-state index in [1.165, 1.54) is 0 Å². The van der Waals surface area contributed by atoms with E-state index in [2.05, 4.69) is 5.32 Å². The monoisotopic (exact) mass is 299 g/mol. The molecule has 0 aliphatic heterocycles. The van der Waals surface area contributed by atoms with Crippen molar-refractivity contribution in [3.63, 3.8) is 0 Å². The molecule has 1 amide bonds. The van der Waals surface area contributed by atoms with Crippen molar-refractivity contribution in [2.45, 2.75) is 19.9 Å². The van der Waals surface area contributed by atoms with Crippen LogP contribution in [-0.4, -0.2) is 20.1 Å². The zero-order valence-corrected chi connectivity index (χ0v) is 13.2. The van der Waals surface area contributed by atoms with Gasteiger partial charge in [-0.1, -0.05) is 19.1 Å². The van der Waals surface area contributed by atoms with Crippen molar-refractivity contribution in [2.75, 3.05) is 14.2 Å². The Balaban J connectivity index is 2.02. The molecule has 0 saturated heterocycles. The largest absolute Gasteiger partial charge is 0.497 e. The Bertz CT molecular complexity index is 635. The Labute approximate surface area is 131 Å². The summed E-state index contributed by atoms with van der Waals surface area (Å²) in [7, 11) is 3.27. The normalized spacial score (nSPS) is 10.1. The average molecular weight is 299 g/mol. The van der Waals surface area contributed by atoms with E-state index < -0.39 is 0 Å². The van der Waals surface area contributed by atoms with E-state index in [1.807, 2.05) is 43.3 Å². The molecule has 0 unspecified atom stereocenters. The standard InChI is InChI=1S/C18H21NO3/c1-4-14-11-15(7-10-17(14)22-3)18(20)19-12-13-5-8-16(21-2)9-6-13/h5-11H,4,12H2,1-3H3,(H,19,20). The fraction of sp³-hybridized carbons (Fsp3) is 0.278. The minimum atomic E-state index is -0.0897. The second-order valence-corrected chi connectivity index (χ2v) is 4.91. The predicted octanol–water partition coefficient (Wildman–Crippen LogP) is 3.20. The van der Waals surface area contributed by atoms with E-state index in [9.17, 15) is 4.79 Å². The molecule has 2 aromatic carbocycles. The molecule has 2 aromatic rings. The van der Waals surface area contributed by atoms with Gasteiger partial charge in [0, 0.05) is 12.1 Å². The molecule has 0 aromatic heterocycles. The van der Waals surface area contributed by atoms with Gasteiger partial charge in [-0.15, -0.1) is 0 Å². The molecule has 0 radical (unpaired) electrons. The van der Waals surface area contributed by atoms with Crippen LogP contribution in [0.5, 0.6) is 11.5 Å². The first-order chi connectivity index (χ1) is 10.7. The van der Waals surface area contributed by atoms with Crippen molar-refractivity contribution in [1.82, 2.24) is 5.32 Å². The summed E-state index contributed by atoms with van der Waals surface area (Å²) in [6, 6.07) is 13.1. The van der Waals surface area contributed by atoms with Crippen LogP contribution in [0.25, 0.3) is 0 Å². The molecule has 4 heteroatoms. The number of rotatable bonds is 6. The molecular weight excluding hydrogens is 278 g/mol. The van der Waals surface area contributed by atoms with Gasteiger partial charge < -0.3 is 14.8 Å². The Kier molecular flexibility index (Phi) is 5.42. The molecule has 0 spiro atoms. The van der Waals surface area contributed by atoms with Crippen LogP contribution in [0.2, 0.25) is 0 Å². The molecule has 0 fully saturated rings. The number of ether oxygens (including phenoxy) is 2. The maximum Gasteiger partial charge on any atom is 0.251 e. The highest BCUT2D eigenvalue weighted by Crippen LogP contribution is 2.20. The highest BCUT2D eigenvalue weighted by atomic mass is 16.5. The predicted molar refractivity (Wildman–Crippen MR) is 86.5 cm³/mol. The number of hydrogen-bond acceptors (Lipinski definition) is 3. The Morgan fingerprint density at radius 3 is 2.36 bits per heavy atom.